The predicted octanol–water partition coefficient (Wildman–Crippen LogP) is 0.655. The number of hydrogen-bond donors (Lipinski definition) is 4. The molecule has 7 heteroatoms. The third kappa shape index (κ3) is 2.14. The number of fused-ring (bicyclic) bond motifs is 1. The van der Waals surface area contributed by atoms with Gasteiger partial charge in [-0.05, 0) is 13.0 Å². The fourth-order valence-electron chi connectivity index (χ4n) is 2.42. The van der Waals surface area contributed by atoms with Gasteiger partial charge in [0.1, 0.15) is 5.60 Å². The van der Waals surface area contributed by atoms with E-state index < -0.39 is 11.4 Å². The smallest absolute Gasteiger partial charge is 0.408 e. The van der Waals surface area contributed by atoms with E-state index >= 15 is 0 Å². The molecule has 5 N–H and O–H groups in total. The van der Waals surface area contributed by atoms with Crippen LogP contribution < -0.4 is 16.8 Å². The van der Waals surface area contributed by atoms with Crippen LogP contribution in [-0.2, 0) is 4.74 Å². The first-order valence-corrected chi connectivity index (χ1v) is 6.48. The summed E-state index contributed by atoms with van der Waals surface area (Å²) in [6, 6.07) is 3.27. The number of H-pyrrole nitrogens is 1. The van der Waals surface area contributed by atoms with Crippen molar-refractivity contribution in [3.05, 3.63) is 22.7 Å². The molecular weight excluding hydrogens is 262 g/mol. The highest BCUT2D eigenvalue weighted by atomic mass is 16.5. The number of hydrogen-bond acceptors (Lipinski definition) is 6. The van der Waals surface area contributed by atoms with Crippen molar-refractivity contribution in [3.63, 3.8) is 0 Å². The molecule has 2 unspecified atom stereocenters. The maximum Gasteiger partial charge on any atom is 0.417 e. The van der Waals surface area contributed by atoms with Gasteiger partial charge in [0, 0.05) is 25.6 Å². The van der Waals surface area contributed by atoms with Crippen molar-refractivity contribution in [2.75, 3.05) is 24.2 Å². The van der Waals surface area contributed by atoms with Crippen LogP contribution in [0.2, 0.25) is 0 Å². The first kappa shape index (κ1) is 13.0. The van der Waals surface area contributed by atoms with Gasteiger partial charge >= 0.3 is 5.76 Å². The van der Waals surface area contributed by atoms with Crippen LogP contribution >= 0.6 is 0 Å². The zero-order valence-electron chi connectivity index (χ0n) is 11.1. The molecule has 0 saturated carbocycles. The number of nitrogens with one attached hydrogen (secondary N) is 2. The molecule has 2 aromatic rings. The number of anilines is 2. The minimum Gasteiger partial charge on any atom is -0.408 e. The molecule has 0 spiro atoms. The van der Waals surface area contributed by atoms with Gasteiger partial charge in [0.2, 0.25) is 0 Å². The van der Waals surface area contributed by atoms with Crippen molar-refractivity contribution in [1.29, 1.82) is 0 Å². The molecule has 0 aliphatic carbocycles. The number of benzene rings is 1. The number of aromatic nitrogens is 1. The Bertz CT molecular complexity index is 692. The zero-order chi connectivity index (χ0) is 14.3. The van der Waals surface area contributed by atoms with Gasteiger partial charge in [0.05, 0.1) is 23.0 Å². The van der Waals surface area contributed by atoms with Crippen molar-refractivity contribution in [2.24, 2.45) is 0 Å². The van der Waals surface area contributed by atoms with E-state index in [-0.39, 0.29) is 6.10 Å². The molecule has 2 heterocycles. The first-order valence-electron chi connectivity index (χ1n) is 6.48. The van der Waals surface area contributed by atoms with E-state index in [9.17, 15) is 9.90 Å². The van der Waals surface area contributed by atoms with Crippen LogP contribution in [0.3, 0.4) is 0 Å². The van der Waals surface area contributed by atoms with Crippen LogP contribution in [0.4, 0.5) is 11.4 Å². The van der Waals surface area contributed by atoms with E-state index in [1.54, 1.807) is 12.1 Å². The van der Waals surface area contributed by atoms with Gasteiger partial charge < -0.3 is 25.3 Å². The van der Waals surface area contributed by atoms with E-state index in [0.717, 1.165) is 0 Å². The zero-order valence-corrected chi connectivity index (χ0v) is 11.1. The lowest BCUT2D eigenvalue weighted by Crippen LogP contribution is -2.43. The van der Waals surface area contributed by atoms with E-state index in [1.165, 1.54) is 0 Å². The van der Waals surface area contributed by atoms with Crippen molar-refractivity contribution in [2.45, 2.75) is 25.0 Å². The number of aliphatic hydroxyl groups is 1. The van der Waals surface area contributed by atoms with Crippen LogP contribution in [0, 0.1) is 0 Å². The lowest BCUT2D eigenvalue weighted by atomic mass is 9.96. The van der Waals surface area contributed by atoms with Crippen LogP contribution in [0.15, 0.2) is 21.3 Å². The van der Waals surface area contributed by atoms with Crippen molar-refractivity contribution >= 4 is 22.5 Å². The average molecular weight is 279 g/mol. The standard InChI is InChI=1S/C13H17N3O4/c1-7-13(18,2-3-19-7)6-15-9-5-10-11(4-8(9)14)20-12(17)16-10/h4-5,7,15,18H,2-3,6,14H2,1H3,(H,16,17). The molecular formula is C13H17N3O4. The molecule has 108 valence electrons. The molecule has 0 bridgehead atoms. The van der Waals surface area contributed by atoms with Crippen LogP contribution in [-0.4, -0.2) is 34.9 Å². The van der Waals surface area contributed by atoms with Crippen molar-refractivity contribution < 1.29 is 14.3 Å². The predicted molar refractivity (Wildman–Crippen MR) is 74.7 cm³/mol. The second-order valence-corrected chi connectivity index (χ2v) is 5.17. The Morgan fingerprint density at radius 2 is 2.40 bits per heavy atom. The lowest BCUT2D eigenvalue weighted by Gasteiger charge is -2.27. The Morgan fingerprint density at radius 1 is 1.60 bits per heavy atom. The third-order valence-electron chi connectivity index (χ3n) is 3.84. The van der Waals surface area contributed by atoms with Gasteiger partial charge in [-0.15, -0.1) is 0 Å². The maximum atomic E-state index is 11.1. The Hall–Kier alpha value is -1.99. The van der Waals surface area contributed by atoms with Gasteiger partial charge in [-0.25, -0.2) is 4.79 Å². The largest absolute Gasteiger partial charge is 0.417 e. The second kappa shape index (κ2) is 4.53. The maximum absolute atomic E-state index is 11.1. The van der Waals surface area contributed by atoms with Gasteiger partial charge in [-0.2, -0.15) is 0 Å². The summed E-state index contributed by atoms with van der Waals surface area (Å²) in [6.07, 6.45) is 0.347. The summed E-state index contributed by atoms with van der Waals surface area (Å²) in [6.45, 7) is 2.71. The minimum atomic E-state index is -0.912. The SMILES string of the molecule is CC1OCCC1(O)CNc1cc2[nH]c(=O)oc2cc1N. The molecule has 0 radical (unpaired) electrons. The summed E-state index contributed by atoms with van der Waals surface area (Å²) in [4.78, 5) is 13.7. The molecule has 1 aliphatic rings. The van der Waals surface area contributed by atoms with Gasteiger partial charge in [-0.3, -0.25) is 4.98 Å². The summed E-state index contributed by atoms with van der Waals surface area (Å²) in [5, 5.41) is 13.5. The summed E-state index contributed by atoms with van der Waals surface area (Å²) < 4.78 is 10.3. The molecule has 1 aliphatic heterocycles. The highest BCUT2D eigenvalue weighted by Crippen LogP contribution is 2.29. The lowest BCUT2D eigenvalue weighted by molar-refractivity contribution is -0.0175. The highest BCUT2D eigenvalue weighted by Gasteiger charge is 2.39. The molecule has 2 atom stereocenters. The molecule has 1 fully saturated rings. The quantitative estimate of drug-likeness (QED) is 0.614. The molecule has 20 heavy (non-hydrogen) atoms. The van der Waals surface area contributed by atoms with Crippen LogP contribution in [0.5, 0.6) is 0 Å². The fourth-order valence-corrected chi connectivity index (χ4v) is 2.42. The van der Waals surface area contributed by atoms with Gasteiger partial charge in [0.25, 0.3) is 0 Å². The topological polar surface area (TPSA) is 114 Å². The normalized spacial score (nSPS) is 26.2. The Morgan fingerprint density at radius 3 is 3.10 bits per heavy atom. The van der Waals surface area contributed by atoms with E-state index in [0.29, 0.717) is 42.0 Å². The first-order chi connectivity index (χ1) is 9.48. The molecule has 1 saturated heterocycles. The molecule has 3 rings (SSSR count). The van der Waals surface area contributed by atoms with Crippen LogP contribution in [0.1, 0.15) is 13.3 Å². The summed E-state index contributed by atoms with van der Waals surface area (Å²) in [5.74, 6) is -0.520. The number of aromatic amines is 1. The Labute approximate surface area is 114 Å². The number of nitrogens with two attached hydrogens (primary N) is 1. The Balaban J connectivity index is 1.83. The number of oxazole rings is 1. The number of rotatable bonds is 3. The monoisotopic (exact) mass is 279 g/mol. The highest BCUT2D eigenvalue weighted by molar-refractivity contribution is 5.85. The minimum absolute atomic E-state index is 0.228. The molecule has 0 amide bonds. The Kier molecular flexibility index (Phi) is 2.95. The van der Waals surface area contributed by atoms with E-state index in [2.05, 4.69) is 10.3 Å². The summed E-state index contributed by atoms with van der Waals surface area (Å²) in [5.41, 5.74) is 7.07. The third-order valence-corrected chi connectivity index (χ3v) is 3.84. The molecule has 7 nitrogen and oxygen atoms in total. The summed E-state index contributed by atoms with van der Waals surface area (Å²) >= 11 is 0. The van der Waals surface area contributed by atoms with Crippen LogP contribution in [0.25, 0.3) is 11.1 Å². The molecule has 1 aromatic carbocycles. The average Bonchev–Trinajstić information content (AvgIpc) is 2.90. The fraction of sp³-hybridized carbons (Fsp3) is 0.462. The van der Waals surface area contributed by atoms with E-state index in [4.69, 9.17) is 14.9 Å². The number of nitrogen functional groups attached to an aromatic ring is 1. The molecule has 1 aromatic heterocycles. The second-order valence-electron chi connectivity index (χ2n) is 5.17. The van der Waals surface area contributed by atoms with Crippen molar-refractivity contribution in [3.8, 4) is 0 Å². The van der Waals surface area contributed by atoms with Gasteiger partial charge in [0.15, 0.2) is 5.58 Å². The summed E-state index contributed by atoms with van der Waals surface area (Å²) in [7, 11) is 0. The number of ether oxygens (including phenoxy) is 1. The van der Waals surface area contributed by atoms with Crippen molar-refractivity contribution in [1.82, 2.24) is 4.98 Å². The van der Waals surface area contributed by atoms with E-state index in [1.807, 2.05) is 6.92 Å². The van der Waals surface area contributed by atoms with Gasteiger partial charge in [-0.1, -0.05) is 0 Å².